The minimum absolute atomic E-state index is 0.435. The molecule has 0 aliphatic heterocycles. The van der Waals surface area contributed by atoms with Crippen molar-refractivity contribution in [2.24, 2.45) is 0 Å². The Hall–Kier alpha value is -0.530. The van der Waals surface area contributed by atoms with Crippen molar-refractivity contribution in [3.8, 4) is 0 Å². The molecule has 0 rings (SSSR count). The van der Waals surface area contributed by atoms with E-state index in [0.29, 0.717) is 5.91 Å². The number of carbonyl (C=O) groups excluding carboxylic acids is 1. The SMILES string of the molecule is CCCCCCCCCCCCCCCC(=O)N(CCCCCCCC)CCCCCCCC. The molecule has 0 aromatic carbocycles. The van der Waals surface area contributed by atoms with Gasteiger partial charge in [-0.1, -0.05) is 162 Å². The smallest absolute Gasteiger partial charge is 0.222 e. The van der Waals surface area contributed by atoms with Gasteiger partial charge in [-0.25, -0.2) is 0 Å². The molecule has 0 aromatic heterocycles. The van der Waals surface area contributed by atoms with E-state index in [0.717, 1.165) is 25.9 Å². The van der Waals surface area contributed by atoms with Crippen LogP contribution in [-0.4, -0.2) is 23.9 Å². The van der Waals surface area contributed by atoms with Crippen LogP contribution < -0.4 is 0 Å². The van der Waals surface area contributed by atoms with Crippen molar-refractivity contribution in [3.05, 3.63) is 0 Å². The average molecular weight is 480 g/mol. The van der Waals surface area contributed by atoms with Gasteiger partial charge in [-0.15, -0.1) is 0 Å². The lowest BCUT2D eigenvalue weighted by atomic mass is 10.0. The molecule has 1 amide bonds. The van der Waals surface area contributed by atoms with Gasteiger partial charge in [0.15, 0.2) is 0 Å². The maximum absolute atomic E-state index is 12.9. The zero-order valence-corrected chi connectivity index (χ0v) is 24.2. The molecular weight excluding hydrogens is 414 g/mol. The Morgan fingerprint density at radius 1 is 0.382 bits per heavy atom. The van der Waals surface area contributed by atoms with Gasteiger partial charge in [0.25, 0.3) is 0 Å². The zero-order valence-electron chi connectivity index (χ0n) is 24.2. The van der Waals surface area contributed by atoms with E-state index in [1.54, 1.807) is 0 Å². The van der Waals surface area contributed by atoms with Crippen LogP contribution in [0.5, 0.6) is 0 Å². The summed E-state index contributed by atoms with van der Waals surface area (Å²) in [5.41, 5.74) is 0. The molecule has 204 valence electrons. The Labute approximate surface area is 216 Å². The summed E-state index contributed by atoms with van der Waals surface area (Å²) in [5, 5.41) is 0. The molecule has 0 aromatic rings. The van der Waals surface area contributed by atoms with Crippen LogP contribution in [0.1, 0.15) is 188 Å². The van der Waals surface area contributed by atoms with Crippen LogP contribution in [0.2, 0.25) is 0 Å². The van der Waals surface area contributed by atoms with Crippen molar-refractivity contribution >= 4 is 5.91 Å². The lowest BCUT2D eigenvalue weighted by Gasteiger charge is -2.23. The van der Waals surface area contributed by atoms with Crippen LogP contribution in [0.3, 0.4) is 0 Å². The van der Waals surface area contributed by atoms with Crippen molar-refractivity contribution < 1.29 is 4.79 Å². The molecule has 0 aliphatic rings. The first-order valence-corrected chi connectivity index (χ1v) is 16.0. The van der Waals surface area contributed by atoms with E-state index in [4.69, 9.17) is 0 Å². The van der Waals surface area contributed by atoms with Crippen molar-refractivity contribution in [2.75, 3.05) is 13.1 Å². The molecule has 0 atom stereocenters. The second-order valence-corrected chi connectivity index (χ2v) is 10.9. The maximum atomic E-state index is 12.9. The summed E-state index contributed by atoms with van der Waals surface area (Å²) in [4.78, 5) is 15.1. The number of amides is 1. The minimum Gasteiger partial charge on any atom is -0.343 e. The van der Waals surface area contributed by atoms with Crippen molar-refractivity contribution in [1.82, 2.24) is 4.90 Å². The van der Waals surface area contributed by atoms with Gasteiger partial charge >= 0.3 is 0 Å². The van der Waals surface area contributed by atoms with Crippen molar-refractivity contribution in [3.63, 3.8) is 0 Å². The molecule has 0 unspecified atom stereocenters. The average Bonchev–Trinajstić information content (AvgIpc) is 2.84. The van der Waals surface area contributed by atoms with Crippen LogP contribution in [0.15, 0.2) is 0 Å². The van der Waals surface area contributed by atoms with Gasteiger partial charge in [-0.2, -0.15) is 0 Å². The highest BCUT2D eigenvalue weighted by molar-refractivity contribution is 5.76. The molecule has 0 fully saturated rings. The number of hydrogen-bond donors (Lipinski definition) is 0. The molecule has 0 spiro atoms. The summed E-state index contributed by atoms with van der Waals surface area (Å²) in [5.74, 6) is 0.435. The van der Waals surface area contributed by atoms with Gasteiger partial charge in [0.05, 0.1) is 0 Å². The van der Waals surface area contributed by atoms with E-state index in [-0.39, 0.29) is 0 Å². The summed E-state index contributed by atoms with van der Waals surface area (Å²) >= 11 is 0. The van der Waals surface area contributed by atoms with Crippen LogP contribution >= 0.6 is 0 Å². The van der Waals surface area contributed by atoms with E-state index >= 15 is 0 Å². The summed E-state index contributed by atoms with van der Waals surface area (Å²) in [6, 6.07) is 0. The molecule has 0 radical (unpaired) electrons. The Kier molecular flexibility index (Phi) is 28.3. The van der Waals surface area contributed by atoms with E-state index < -0.39 is 0 Å². The third kappa shape index (κ3) is 24.6. The number of carbonyl (C=O) groups is 1. The van der Waals surface area contributed by atoms with Crippen molar-refractivity contribution in [1.29, 1.82) is 0 Å². The molecule has 2 heteroatoms. The van der Waals surface area contributed by atoms with E-state index in [1.165, 1.54) is 154 Å². The lowest BCUT2D eigenvalue weighted by Crippen LogP contribution is -2.32. The fraction of sp³-hybridized carbons (Fsp3) is 0.969. The second-order valence-electron chi connectivity index (χ2n) is 10.9. The maximum Gasteiger partial charge on any atom is 0.222 e. The van der Waals surface area contributed by atoms with Gasteiger partial charge < -0.3 is 4.90 Å². The molecule has 0 N–H and O–H groups in total. The molecule has 2 nitrogen and oxygen atoms in total. The van der Waals surface area contributed by atoms with Crippen LogP contribution in [-0.2, 0) is 4.79 Å². The topological polar surface area (TPSA) is 20.3 Å². The highest BCUT2D eigenvalue weighted by atomic mass is 16.2. The van der Waals surface area contributed by atoms with Gasteiger partial charge in [-0.05, 0) is 19.3 Å². The van der Waals surface area contributed by atoms with Gasteiger partial charge in [0, 0.05) is 19.5 Å². The molecule has 0 heterocycles. The minimum atomic E-state index is 0.435. The number of rotatable bonds is 28. The Balaban J connectivity index is 3.86. The first-order valence-electron chi connectivity index (χ1n) is 16.0. The standard InChI is InChI=1S/C32H65NO/c1-4-7-10-13-16-17-18-19-20-21-22-23-26-29-32(34)33(30-27-24-14-11-8-5-2)31-28-25-15-12-9-6-3/h4-31H2,1-3H3. The Morgan fingerprint density at radius 2 is 0.647 bits per heavy atom. The quantitative estimate of drug-likeness (QED) is 0.102. The summed E-state index contributed by atoms with van der Waals surface area (Å²) < 4.78 is 0. The van der Waals surface area contributed by atoms with Crippen LogP contribution in [0, 0.1) is 0 Å². The van der Waals surface area contributed by atoms with Crippen LogP contribution in [0.4, 0.5) is 0 Å². The molecule has 0 saturated carbocycles. The Bertz CT molecular complexity index is 378. The highest BCUT2D eigenvalue weighted by Gasteiger charge is 2.12. The number of hydrogen-bond acceptors (Lipinski definition) is 1. The molecule has 34 heavy (non-hydrogen) atoms. The lowest BCUT2D eigenvalue weighted by molar-refractivity contribution is -0.131. The first kappa shape index (κ1) is 33.5. The predicted octanol–water partition coefficient (Wildman–Crippen LogP) is 11.0. The molecule has 0 saturated heterocycles. The molecular formula is C32H65NO. The summed E-state index contributed by atoms with van der Waals surface area (Å²) in [7, 11) is 0. The van der Waals surface area contributed by atoms with Gasteiger partial charge in [-0.3, -0.25) is 4.79 Å². The number of unbranched alkanes of at least 4 members (excludes halogenated alkanes) is 22. The second kappa shape index (κ2) is 28.7. The fourth-order valence-electron chi connectivity index (χ4n) is 4.98. The van der Waals surface area contributed by atoms with Crippen LogP contribution in [0.25, 0.3) is 0 Å². The van der Waals surface area contributed by atoms with E-state index in [9.17, 15) is 4.79 Å². The normalized spacial score (nSPS) is 11.3. The van der Waals surface area contributed by atoms with Gasteiger partial charge in [0.2, 0.25) is 5.91 Å². The Morgan fingerprint density at radius 3 is 0.971 bits per heavy atom. The molecule has 0 aliphatic carbocycles. The van der Waals surface area contributed by atoms with Crippen molar-refractivity contribution in [2.45, 2.75) is 188 Å². The predicted molar refractivity (Wildman–Crippen MR) is 154 cm³/mol. The summed E-state index contributed by atoms with van der Waals surface area (Å²) in [6.07, 6.45) is 34.3. The number of nitrogens with zero attached hydrogens (tertiary/aromatic N) is 1. The van der Waals surface area contributed by atoms with E-state index in [1.807, 2.05) is 0 Å². The third-order valence-corrected chi connectivity index (χ3v) is 7.41. The van der Waals surface area contributed by atoms with E-state index in [2.05, 4.69) is 25.7 Å². The third-order valence-electron chi connectivity index (χ3n) is 7.41. The highest BCUT2D eigenvalue weighted by Crippen LogP contribution is 2.14. The largest absolute Gasteiger partial charge is 0.343 e. The first-order chi connectivity index (χ1) is 16.8. The monoisotopic (exact) mass is 480 g/mol. The zero-order chi connectivity index (χ0) is 25.0. The molecule has 0 bridgehead atoms. The fourth-order valence-corrected chi connectivity index (χ4v) is 4.98. The van der Waals surface area contributed by atoms with Gasteiger partial charge in [0.1, 0.15) is 0 Å². The summed E-state index contributed by atoms with van der Waals surface area (Å²) in [6.45, 7) is 8.84.